The zero-order chi connectivity index (χ0) is 16.9. The molecule has 0 radical (unpaired) electrons. The van der Waals surface area contributed by atoms with Gasteiger partial charge in [0.2, 0.25) is 0 Å². The normalized spacial score (nSPS) is 25.4. The van der Waals surface area contributed by atoms with Gasteiger partial charge in [-0.2, -0.15) is 5.10 Å². The summed E-state index contributed by atoms with van der Waals surface area (Å²) in [5, 5.41) is 7.00. The van der Waals surface area contributed by atoms with E-state index in [4.69, 9.17) is 14.6 Å². The van der Waals surface area contributed by atoms with Crippen molar-refractivity contribution in [3.63, 3.8) is 0 Å². The van der Waals surface area contributed by atoms with Crippen molar-refractivity contribution in [1.82, 2.24) is 5.01 Å². The Kier molecular flexibility index (Phi) is 5.64. The lowest BCUT2D eigenvalue weighted by Gasteiger charge is -2.36. The standard InChI is InChI=1S/C20H30N2O2/c1-15-7-6-8-16(2)22(15)21-14-17-11-12-19(23-3)20(13-17)24-18-9-4-5-10-18/h11-16,18H,4-10H2,1-3H3/b21-14+. The molecule has 4 heteroatoms. The number of rotatable bonds is 5. The van der Waals surface area contributed by atoms with Gasteiger partial charge in [0, 0.05) is 12.1 Å². The van der Waals surface area contributed by atoms with Crippen LogP contribution in [-0.4, -0.2) is 36.5 Å². The Morgan fingerprint density at radius 2 is 1.71 bits per heavy atom. The van der Waals surface area contributed by atoms with Crippen LogP contribution in [0.15, 0.2) is 23.3 Å². The molecule has 0 aromatic heterocycles. The maximum Gasteiger partial charge on any atom is 0.162 e. The zero-order valence-electron chi connectivity index (χ0n) is 15.2. The van der Waals surface area contributed by atoms with Gasteiger partial charge in [0.1, 0.15) is 0 Å². The van der Waals surface area contributed by atoms with E-state index < -0.39 is 0 Å². The molecule has 1 aliphatic heterocycles. The monoisotopic (exact) mass is 330 g/mol. The van der Waals surface area contributed by atoms with E-state index in [1.807, 2.05) is 18.3 Å². The van der Waals surface area contributed by atoms with E-state index in [1.54, 1.807) is 7.11 Å². The summed E-state index contributed by atoms with van der Waals surface area (Å²) >= 11 is 0. The second kappa shape index (κ2) is 7.91. The first-order chi connectivity index (χ1) is 11.7. The Bertz CT molecular complexity index is 557. The highest BCUT2D eigenvalue weighted by Crippen LogP contribution is 2.32. The maximum absolute atomic E-state index is 6.17. The summed E-state index contributed by atoms with van der Waals surface area (Å²) in [6, 6.07) is 7.10. The van der Waals surface area contributed by atoms with Gasteiger partial charge in [0.05, 0.1) is 19.4 Å². The van der Waals surface area contributed by atoms with Gasteiger partial charge in [-0.05, 0) is 82.6 Å². The predicted molar refractivity (Wildman–Crippen MR) is 98.1 cm³/mol. The molecule has 2 atom stereocenters. The molecule has 1 aromatic carbocycles. The van der Waals surface area contributed by atoms with Crippen LogP contribution in [0.5, 0.6) is 11.5 Å². The molecule has 3 rings (SSSR count). The van der Waals surface area contributed by atoms with E-state index in [1.165, 1.54) is 32.1 Å². The molecule has 0 amide bonds. The van der Waals surface area contributed by atoms with Crippen molar-refractivity contribution >= 4 is 6.21 Å². The van der Waals surface area contributed by atoms with Crippen LogP contribution in [0.1, 0.15) is 64.4 Å². The van der Waals surface area contributed by atoms with Gasteiger partial charge in [-0.25, -0.2) is 0 Å². The molecule has 0 N–H and O–H groups in total. The summed E-state index contributed by atoms with van der Waals surface area (Å²) in [6.45, 7) is 4.52. The first-order valence-corrected chi connectivity index (χ1v) is 9.34. The summed E-state index contributed by atoms with van der Waals surface area (Å²) in [4.78, 5) is 0. The molecule has 1 aliphatic carbocycles. The highest BCUT2D eigenvalue weighted by atomic mass is 16.5. The fourth-order valence-corrected chi connectivity index (χ4v) is 3.82. The summed E-state index contributed by atoms with van der Waals surface area (Å²) in [5.74, 6) is 1.65. The lowest BCUT2D eigenvalue weighted by atomic mass is 10.00. The Balaban J connectivity index is 1.74. The third-order valence-electron chi connectivity index (χ3n) is 5.27. The minimum Gasteiger partial charge on any atom is -0.493 e. The minimum absolute atomic E-state index is 0.327. The molecule has 24 heavy (non-hydrogen) atoms. The first kappa shape index (κ1) is 17.1. The van der Waals surface area contributed by atoms with Crippen molar-refractivity contribution in [3.8, 4) is 11.5 Å². The van der Waals surface area contributed by atoms with E-state index in [0.717, 1.165) is 29.9 Å². The molecule has 132 valence electrons. The summed E-state index contributed by atoms with van der Waals surface area (Å²) < 4.78 is 11.6. The van der Waals surface area contributed by atoms with Crippen molar-refractivity contribution in [2.45, 2.75) is 77.0 Å². The lowest BCUT2D eigenvalue weighted by Crippen LogP contribution is -2.39. The topological polar surface area (TPSA) is 34.1 Å². The number of ether oxygens (including phenoxy) is 2. The van der Waals surface area contributed by atoms with Crippen LogP contribution in [0.4, 0.5) is 0 Å². The Morgan fingerprint density at radius 3 is 2.38 bits per heavy atom. The molecule has 1 heterocycles. The van der Waals surface area contributed by atoms with Crippen molar-refractivity contribution in [2.75, 3.05) is 7.11 Å². The third kappa shape index (κ3) is 4.03. The average Bonchev–Trinajstić information content (AvgIpc) is 3.08. The molecule has 1 saturated heterocycles. The quantitative estimate of drug-likeness (QED) is 0.739. The molecule has 2 aliphatic rings. The van der Waals surface area contributed by atoms with Crippen LogP contribution in [-0.2, 0) is 0 Å². The molecule has 2 fully saturated rings. The summed E-state index contributed by atoms with van der Waals surface area (Å²) in [6.07, 6.45) is 10.8. The number of methoxy groups -OCH3 is 1. The van der Waals surface area contributed by atoms with Crippen LogP contribution in [0.2, 0.25) is 0 Å². The Hall–Kier alpha value is -1.71. The number of benzene rings is 1. The van der Waals surface area contributed by atoms with Crippen LogP contribution < -0.4 is 9.47 Å². The smallest absolute Gasteiger partial charge is 0.162 e. The van der Waals surface area contributed by atoms with Crippen LogP contribution in [0.25, 0.3) is 0 Å². The molecule has 1 saturated carbocycles. The first-order valence-electron chi connectivity index (χ1n) is 9.34. The van der Waals surface area contributed by atoms with Crippen LogP contribution >= 0.6 is 0 Å². The zero-order valence-corrected chi connectivity index (χ0v) is 15.2. The van der Waals surface area contributed by atoms with Gasteiger partial charge >= 0.3 is 0 Å². The average molecular weight is 330 g/mol. The highest BCUT2D eigenvalue weighted by molar-refractivity contribution is 5.80. The second-order valence-corrected chi connectivity index (χ2v) is 7.19. The molecular formula is C20H30N2O2. The van der Waals surface area contributed by atoms with Gasteiger partial charge in [0.25, 0.3) is 0 Å². The van der Waals surface area contributed by atoms with Crippen LogP contribution in [0.3, 0.4) is 0 Å². The van der Waals surface area contributed by atoms with Gasteiger partial charge in [-0.3, -0.25) is 5.01 Å². The summed E-state index contributed by atoms with van der Waals surface area (Å²) in [7, 11) is 1.70. The molecule has 0 spiro atoms. The van der Waals surface area contributed by atoms with E-state index in [0.29, 0.717) is 18.2 Å². The van der Waals surface area contributed by atoms with E-state index in [2.05, 4.69) is 24.9 Å². The van der Waals surface area contributed by atoms with Gasteiger partial charge in [-0.15, -0.1) is 0 Å². The Labute approximate surface area is 145 Å². The van der Waals surface area contributed by atoms with Gasteiger partial charge < -0.3 is 9.47 Å². The van der Waals surface area contributed by atoms with Crippen LogP contribution in [0, 0.1) is 0 Å². The Morgan fingerprint density at radius 1 is 1.00 bits per heavy atom. The molecule has 2 unspecified atom stereocenters. The fraction of sp³-hybridized carbons (Fsp3) is 0.650. The fourth-order valence-electron chi connectivity index (χ4n) is 3.82. The maximum atomic E-state index is 6.17. The third-order valence-corrected chi connectivity index (χ3v) is 5.27. The number of nitrogens with zero attached hydrogens (tertiary/aromatic N) is 2. The molecule has 0 bridgehead atoms. The SMILES string of the molecule is COc1ccc(/C=N/N2C(C)CCCC2C)cc1OC1CCCC1. The minimum atomic E-state index is 0.327. The number of hydrazone groups is 1. The van der Waals surface area contributed by atoms with E-state index in [9.17, 15) is 0 Å². The van der Waals surface area contributed by atoms with E-state index in [-0.39, 0.29) is 0 Å². The van der Waals surface area contributed by atoms with Gasteiger partial charge in [0.15, 0.2) is 11.5 Å². The number of hydrogen-bond acceptors (Lipinski definition) is 4. The van der Waals surface area contributed by atoms with Crippen molar-refractivity contribution in [1.29, 1.82) is 0 Å². The molecule has 4 nitrogen and oxygen atoms in total. The van der Waals surface area contributed by atoms with Gasteiger partial charge in [-0.1, -0.05) is 0 Å². The lowest BCUT2D eigenvalue weighted by molar-refractivity contribution is 0.109. The van der Waals surface area contributed by atoms with Crippen molar-refractivity contribution in [3.05, 3.63) is 23.8 Å². The number of hydrogen-bond donors (Lipinski definition) is 0. The number of piperidine rings is 1. The summed E-state index contributed by atoms with van der Waals surface area (Å²) in [5.41, 5.74) is 1.06. The largest absolute Gasteiger partial charge is 0.493 e. The van der Waals surface area contributed by atoms with Crippen molar-refractivity contribution < 1.29 is 9.47 Å². The predicted octanol–water partition coefficient (Wildman–Crippen LogP) is 4.61. The van der Waals surface area contributed by atoms with E-state index >= 15 is 0 Å². The van der Waals surface area contributed by atoms with Crippen molar-refractivity contribution in [2.24, 2.45) is 5.10 Å². The highest BCUT2D eigenvalue weighted by Gasteiger charge is 2.23. The molecular weight excluding hydrogens is 300 g/mol. The second-order valence-electron chi connectivity index (χ2n) is 7.19. The molecule has 1 aromatic rings.